The van der Waals surface area contributed by atoms with E-state index in [2.05, 4.69) is 22.0 Å². The number of urea groups is 1. The molecule has 0 radical (unpaired) electrons. The van der Waals surface area contributed by atoms with Crippen molar-refractivity contribution in [3.05, 3.63) is 0 Å². The lowest BCUT2D eigenvalue weighted by molar-refractivity contribution is 0.109. The van der Waals surface area contributed by atoms with Gasteiger partial charge in [-0.1, -0.05) is 6.92 Å². The zero-order chi connectivity index (χ0) is 13.9. The molecule has 0 saturated carbocycles. The Labute approximate surface area is 122 Å². The van der Waals surface area contributed by atoms with Crippen molar-refractivity contribution in [3.8, 4) is 0 Å². The second kappa shape index (κ2) is 6.33. The summed E-state index contributed by atoms with van der Waals surface area (Å²) in [6.45, 7) is 7.45. The van der Waals surface area contributed by atoms with Crippen LogP contribution in [-0.4, -0.2) is 54.6 Å². The van der Waals surface area contributed by atoms with E-state index in [0.29, 0.717) is 18.0 Å². The van der Waals surface area contributed by atoms with E-state index < -0.39 is 0 Å². The summed E-state index contributed by atoms with van der Waals surface area (Å²) in [5, 5.41) is 3.44. The molecule has 0 aliphatic carbocycles. The van der Waals surface area contributed by atoms with Crippen molar-refractivity contribution >= 4 is 6.03 Å². The van der Waals surface area contributed by atoms with Crippen molar-refractivity contribution < 1.29 is 4.79 Å². The number of nitrogens with zero attached hydrogens (tertiary/aromatic N) is 2. The van der Waals surface area contributed by atoms with Crippen LogP contribution in [0.25, 0.3) is 0 Å². The largest absolute Gasteiger partial charge is 0.324 e. The molecule has 0 aromatic carbocycles. The first-order chi connectivity index (χ1) is 9.75. The number of rotatable bonds is 1. The summed E-state index contributed by atoms with van der Waals surface area (Å²) in [6, 6.07) is 0.847. The van der Waals surface area contributed by atoms with Gasteiger partial charge in [-0.05, 0) is 63.5 Å². The number of amides is 2. The van der Waals surface area contributed by atoms with Crippen LogP contribution in [0.4, 0.5) is 4.79 Å². The molecule has 3 rings (SSSR count). The van der Waals surface area contributed by atoms with Gasteiger partial charge in [0.05, 0.1) is 0 Å². The maximum Gasteiger partial charge on any atom is 0.320 e. The van der Waals surface area contributed by atoms with Gasteiger partial charge in [-0.3, -0.25) is 0 Å². The average Bonchev–Trinajstić information content (AvgIpc) is 2.97. The Morgan fingerprint density at radius 1 is 1.05 bits per heavy atom. The molecule has 0 spiro atoms. The van der Waals surface area contributed by atoms with E-state index in [9.17, 15) is 4.79 Å². The van der Waals surface area contributed by atoms with Crippen LogP contribution in [0.15, 0.2) is 0 Å². The Morgan fingerprint density at radius 3 is 2.55 bits per heavy atom. The molecule has 2 atom stereocenters. The first-order valence-corrected chi connectivity index (χ1v) is 8.52. The van der Waals surface area contributed by atoms with E-state index >= 15 is 0 Å². The summed E-state index contributed by atoms with van der Waals surface area (Å²) in [7, 11) is 0. The first-order valence-electron chi connectivity index (χ1n) is 8.52. The van der Waals surface area contributed by atoms with Gasteiger partial charge < -0.3 is 15.1 Å². The summed E-state index contributed by atoms with van der Waals surface area (Å²) in [4.78, 5) is 17.2. The highest BCUT2D eigenvalue weighted by Gasteiger charge is 2.37. The minimum Gasteiger partial charge on any atom is -0.324 e. The van der Waals surface area contributed by atoms with Crippen LogP contribution in [0, 0.1) is 11.8 Å². The van der Waals surface area contributed by atoms with Crippen molar-refractivity contribution in [2.45, 2.75) is 51.5 Å². The van der Waals surface area contributed by atoms with Gasteiger partial charge in [0.1, 0.15) is 0 Å². The molecule has 2 amide bonds. The topological polar surface area (TPSA) is 35.6 Å². The Bertz CT molecular complexity index is 341. The standard InChI is InChI=1S/C16H29N3O/c1-13-4-2-10-18(12-13)16(20)19-11-3-5-15(19)14-6-8-17-9-7-14/h13-15,17H,2-12H2,1H3. The van der Waals surface area contributed by atoms with Crippen LogP contribution in [-0.2, 0) is 0 Å². The van der Waals surface area contributed by atoms with E-state index in [1.807, 2.05) is 0 Å². The van der Waals surface area contributed by atoms with Crippen molar-refractivity contribution in [2.75, 3.05) is 32.7 Å². The van der Waals surface area contributed by atoms with E-state index in [-0.39, 0.29) is 0 Å². The fourth-order valence-corrected chi connectivity index (χ4v) is 4.29. The fraction of sp³-hybridized carbons (Fsp3) is 0.938. The van der Waals surface area contributed by atoms with Crippen molar-refractivity contribution in [1.29, 1.82) is 0 Å². The Morgan fingerprint density at radius 2 is 1.80 bits per heavy atom. The molecular weight excluding hydrogens is 250 g/mol. The second-order valence-corrected chi connectivity index (χ2v) is 6.97. The molecule has 3 aliphatic heterocycles. The number of carbonyl (C=O) groups is 1. The van der Waals surface area contributed by atoms with Crippen molar-refractivity contribution in [3.63, 3.8) is 0 Å². The Balaban J connectivity index is 1.63. The normalized spacial score (nSPS) is 32.6. The molecule has 0 bridgehead atoms. The second-order valence-electron chi connectivity index (χ2n) is 6.97. The first kappa shape index (κ1) is 14.2. The average molecular weight is 279 g/mol. The van der Waals surface area contributed by atoms with Gasteiger partial charge in [-0.25, -0.2) is 4.79 Å². The number of carbonyl (C=O) groups excluding carboxylic acids is 1. The van der Waals surface area contributed by atoms with Gasteiger partial charge in [0, 0.05) is 25.7 Å². The number of nitrogens with one attached hydrogen (secondary N) is 1. The number of hydrogen-bond donors (Lipinski definition) is 1. The molecule has 4 heteroatoms. The van der Waals surface area contributed by atoms with Crippen LogP contribution in [0.3, 0.4) is 0 Å². The third kappa shape index (κ3) is 2.95. The maximum absolute atomic E-state index is 12.8. The molecule has 20 heavy (non-hydrogen) atoms. The van der Waals surface area contributed by atoms with Gasteiger partial charge in [0.2, 0.25) is 0 Å². The van der Waals surface area contributed by atoms with Crippen LogP contribution in [0.5, 0.6) is 0 Å². The van der Waals surface area contributed by atoms with Crippen molar-refractivity contribution in [2.24, 2.45) is 11.8 Å². The highest BCUT2D eigenvalue weighted by atomic mass is 16.2. The third-order valence-corrected chi connectivity index (χ3v) is 5.40. The summed E-state index contributed by atoms with van der Waals surface area (Å²) in [5.41, 5.74) is 0. The minimum atomic E-state index is 0.331. The lowest BCUT2D eigenvalue weighted by Gasteiger charge is -2.39. The number of piperidine rings is 2. The van der Waals surface area contributed by atoms with Crippen LogP contribution < -0.4 is 5.32 Å². The van der Waals surface area contributed by atoms with E-state index in [1.54, 1.807) is 0 Å². The zero-order valence-electron chi connectivity index (χ0n) is 12.8. The van der Waals surface area contributed by atoms with Crippen molar-refractivity contribution in [1.82, 2.24) is 15.1 Å². The molecule has 2 unspecified atom stereocenters. The van der Waals surface area contributed by atoms with Gasteiger partial charge in [0.25, 0.3) is 0 Å². The smallest absolute Gasteiger partial charge is 0.320 e. The highest BCUT2D eigenvalue weighted by Crippen LogP contribution is 2.31. The quantitative estimate of drug-likeness (QED) is 0.799. The molecule has 1 N–H and O–H groups in total. The number of likely N-dealkylation sites (tertiary alicyclic amines) is 2. The van der Waals surface area contributed by atoms with Gasteiger partial charge in [0.15, 0.2) is 0 Å². The fourth-order valence-electron chi connectivity index (χ4n) is 4.29. The summed E-state index contributed by atoms with van der Waals surface area (Å²) < 4.78 is 0. The summed E-state index contributed by atoms with van der Waals surface area (Å²) in [5.74, 6) is 1.40. The lowest BCUT2D eigenvalue weighted by Crippen LogP contribution is -2.51. The van der Waals surface area contributed by atoms with E-state index in [0.717, 1.165) is 38.6 Å². The minimum absolute atomic E-state index is 0.331. The van der Waals surface area contributed by atoms with E-state index in [4.69, 9.17) is 0 Å². The summed E-state index contributed by atoms with van der Waals surface area (Å²) in [6.07, 6.45) is 7.36. The molecule has 3 heterocycles. The Hall–Kier alpha value is -0.770. The van der Waals surface area contributed by atoms with E-state index in [1.165, 1.54) is 38.5 Å². The lowest BCUT2D eigenvalue weighted by atomic mass is 9.89. The Kier molecular flexibility index (Phi) is 4.49. The molecule has 114 valence electrons. The van der Waals surface area contributed by atoms with Crippen LogP contribution in [0.2, 0.25) is 0 Å². The molecular formula is C16H29N3O. The SMILES string of the molecule is CC1CCCN(C(=O)N2CCCC2C2CCNCC2)C1. The number of hydrogen-bond acceptors (Lipinski definition) is 2. The molecule has 0 aromatic rings. The predicted molar refractivity (Wildman–Crippen MR) is 80.7 cm³/mol. The molecule has 3 saturated heterocycles. The molecule has 4 nitrogen and oxygen atoms in total. The van der Waals surface area contributed by atoms with Crippen LogP contribution >= 0.6 is 0 Å². The summed E-state index contributed by atoms with van der Waals surface area (Å²) >= 11 is 0. The monoisotopic (exact) mass is 279 g/mol. The molecule has 3 fully saturated rings. The third-order valence-electron chi connectivity index (χ3n) is 5.40. The molecule has 3 aliphatic rings. The predicted octanol–water partition coefficient (Wildman–Crippen LogP) is 2.30. The van der Waals surface area contributed by atoms with Gasteiger partial charge in [-0.2, -0.15) is 0 Å². The maximum atomic E-state index is 12.8. The van der Waals surface area contributed by atoms with Crippen LogP contribution in [0.1, 0.15) is 45.4 Å². The zero-order valence-corrected chi connectivity index (χ0v) is 12.8. The highest BCUT2D eigenvalue weighted by molar-refractivity contribution is 5.75. The molecule has 0 aromatic heterocycles. The van der Waals surface area contributed by atoms with Gasteiger partial charge in [-0.15, -0.1) is 0 Å². The van der Waals surface area contributed by atoms with Gasteiger partial charge >= 0.3 is 6.03 Å².